The minimum atomic E-state index is 0.275. The zero-order chi connectivity index (χ0) is 13.9. The van der Waals surface area contributed by atoms with E-state index in [-0.39, 0.29) is 5.91 Å². The molecule has 0 aliphatic carbocycles. The van der Waals surface area contributed by atoms with Crippen LogP contribution in [-0.2, 0) is 4.79 Å². The lowest BCUT2D eigenvalue weighted by atomic mass is 9.87. The Hall–Kier alpha value is -0.530. The van der Waals surface area contributed by atoms with Crippen LogP contribution >= 0.6 is 0 Å². The number of carbonyl (C=O) groups excluding carboxylic acids is 1. The molecule has 0 aromatic carbocycles. The molecule has 1 fully saturated rings. The summed E-state index contributed by atoms with van der Waals surface area (Å²) in [4.78, 5) is 11.4. The maximum Gasteiger partial charge on any atom is 0.220 e. The summed E-state index contributed by atoms with van der Waals surface area (Å²) in [6, 6.07) is 0.482. The Morgan fingerprint density at radius 1 is 1.00 bits per heavy atom. The zero-order valence-corrected chi connectivity index (χ0v) is 13.0. The first-order chi connectivity index (χ1) is 9.27. The van der Waals surface area contributed by atoms with Gasteiger partial charge in [-0.3, -0.25) is 4.79 Å². The lowest BCUT2D eigenvalue weighted by molar-refractivity contribution is -0.119. The van der Waals surface area contributed by atoms with E-state index in [1.807, 2.05) is 0 Å². The highest BCUT2D eigenvalue weighted by molar-refractivity contribution is 5.78. The van der Waals surface area contributed by atoms with E-state index in [2.05, 4.69) is 19.2 Å². The van der Waals surface area contributed by atoms with Gasteiger partial charge >= 0.3 is 0 Å². The zero-order valence-electron chi connectivity index (χ0n) is 13.0. The van der Waals surface area contributed by atoms with Gasteiger partial charge in [-0.25, -0.2) is 0 Å². The fourth-order valence-electron chi connectivity index (χ4n) is 3.20. The molecule has 0 radical (unpaired) electrons. The van der Waals surface area contributed by atoms with Gasteiger partial charge < -0.3 is 5.32 Å². The summed E-state index contributed by atoms with van der Waals surface area (Å²) in [5.41, 5.74) is 0. The van der Waals surface area contributed by atoms with E-state index < -0.39 is 0 Å². The first kappa shape index (κ1) is 16.5. The van der Waals surface area contributed by atoms with Crippen molar-refractivity contribution in [2.45, 2.75) is 96.9 Å². The normalized spacial score (nSPS) is 19.1. The minimum absolute atomic E-state index is 0.275. The lowest BCUT2D eigenvalue weighted by Crippen LogP contribution is -2.32. The van der Waals surface area contributed by atoms with Crippen molar-refractivity contribution in [3.63, 3.8) is 0 Å². The van der Waals surface area contributed by atoms with Crippen molar-refractivity contribution in [3.05, 3.63) is 0 Å². The minimum Gasteiger partial charge on any atom is -0.353 e. The van der Waals surface area contributed by atoms with Crippen molar-refractivity contribution < 1.29 is 4.79 Å². The molecule has 0 bridgehead atoms. The third-order valence-electron chi connectivity index (χ3n) is 4.45. The quantitative estimate of drug-likeness (QED) is 0.534. The molecule has 1 atom stereocenters. The molecule has 0 aromatic rings. The highest BCUT2D eigenvalue weighted by Gasteiger charge is 2.27. The van der Waals surface area contributed by atoms with Gasteiger partial charge in [0.15, 0.2) is 0 Å². The summed E-state index contributed by atoms with van der Waals surface area (Å²) < 4.78 is 0. The maximum atomic E-state index is 11.4. The summed E-state index contributed by atoms with van der Waals surface area (Å²) in [5.74, 6) is 1.01. The molecule has 19 heavy (non-hydrogen) atoms. The molecular weight excluding hydrogens is 234 g/mol. The Bertz CT molecular complexity index is 227. The second-order valence-electron chi connectivity index (χ2n) is 6.17. The number of hydrogen-bond acceptors (Lipinski definition) is 1. The fraction of sp³-hybridized carbons (Fsp3) is 0.941. The molecule has 0 spiro atoms. The molecule has 1 rings (SSSR count). The van der Waals surface area contributed by atoms with Crippen LogP contribution in [0, 0.1) is 5.92 Å². The second kappa shape index (κ2) is 10.3. The van der Waals surface area contributed by atoms with Crippen LogP contribution in [0.5, 0.6) is 0 Å². The molecule has 2 nitrogen and oxygen atoms in total. The Morgan fingerprint density at radius 3 is 2.00 bits per heavy atom. The summed E-state index contributed by atoms with van der Waals surface area (Å²) in [6.45, 7) is 4.53. The van der Waals surface area contributed by atoms with Crippen LogP contribution in [0.15, 0.2) is 0 Å². The Morgan fingerprint density at radius 2 is 1.58 bits per heavy atom. The van der Waals surface area contributed by atoms with E-state index in [0.717, 1.165) is 18.8 Å². The standard InChI is InChI=1S/C17H33NO/c1-3-5-7-9-11-15(12-10-8-6-4-2)16-13-14-17(19)18-16/h15-16H,3-14H2,1-2H3,(H,18,19). The van der Waals surface area contributed by atoms with Gasteiger partial charge in [0.2, 0.25) is 5.91 Å². The van der Waals surface area contributed by atoms with Gasteiger partial charge in [-0.2, -0.15) is 0 Å². The number of amides is 1. The average molecular weight is 267 g/mol. The molecular formula is C17H33NO. The van der Waals surface area contributed by atoms with Crippen LogP contribution in [0.4, 0.5) is 0 Å². The smallest absolute Gasteiger partial charge is 0.220 e. The van der Waals surface area contributed by atoms with Crippen molar-refractivity contribution in [2.24, 2.45) is 5.92 Å². The van der Waals surface area contributed by atoms with Gasteiger partial charge in [0, 0.05) is 12.5 Å². The highest BCUT2D eigenvalue weighted by atomic mass is 16.1. The SMILES string of the molecule is CCCCCCC(CCCCCC)C1CCC(=O)N1. The molecule has 1 saturated heterocycles. The van der Waals surface area contributed by atoms with Gasteiger partial charge in [-0.15, -0.1) is 0 Å². The van der Waals surface area contributed by atoms with Crippen LogP contribution in [0.25, 0.3) is 0 Å². The molecule has 1 N–H and O–H groups in total. The highest BCUT2D eigenvalue weighted by Crippen LogP contribution is 2.26. The molecule has 1 aliphatic rings. The predicted octanol–water partition coefficient (Wildman–Crippen LogP) is 4.82. The Labute approximate surface area is 119 Å². The maximum absolute atomic E-state index is 11.4. The molecule has 0 aromatic heterocycles. The Kier molecular flexibility index (Phi) is 8.94. The van der Waals surface area contributed by atoms with E-state index in [9.17, 15) is 4.79 Å². The second-order valence-corrected chi connectivity index (χ2v) is 6.17. The van der Waals surface area contributed by atoms with E-state index in [0.29, 0.717) is 6.04 Å². The van der Waals surface area contributed by atoms with Crippen LogP contribution < -0.4 is 5.32 Å². The van der Waals surface area contributed by atoms with E-state index in [1.165, 1.54) is 64.2 Å². The predicted molar refractivity (Wildman–Crippen MR) is 82.2 cm³/mol. The van der Waals surface area contributed by atoms with Crippen LogP contribution in [0.1, 0.15) is 90.9 Å². The third kappa shape index (κ3) is 6.98. The first-order valence-electron chi connectivity index (χ1n) is 8.57. The number of unbranched alkanes of at least 4 members (excludes halogenated alkanes) is 6. The lowest BCUT2D eigenvalue weighted by Gasteiger charge is -2.23. The van der Waals surface area contributed by atoms with Crippen molar-refractivity contribution in [2.75, 3.05) is 0 Å². The van der Waals surface area contributed by atoms with Crippen molar-refractivity contribution >= 4 is 5.91 Å². The topological polar surface area (TPSA) is 29.1 Å². The average Bonchev–Trinajstić information content (AvgIpc) is 2.83. The van der Waals surface area contributed by atoms with E-state index >= 15 is 0 Å². The van der Waals surface area contributed by atoms with Gasteiger partial charge in [0.1, 0.15) is 0 Å². The van der Waals surface area contributed by atoms with Gasteiger partial charge in [-0.05, 0) is 25.2 Å². The number of hydrogen-bond donors (Lipinski definition) is 1. The summed E-state index contributed by atoms with van der Waals surface area (Å²) >= 11 is 0. The van der Waals surface area contributed by atoms with E-state index in [1.54, 1.807) is 0 Å². The number of rotatable bonds is 11. The number of nitrogens with one attached hydrogen (secondary N) is 1. The van der Waals surface area contributed by atoms with Crippen molar-refractivity contribution in [3.8, 4) is 0 Å². The largest absolute Gasteiger partial charge is 0.353 e. The van der Waals surface area contributed by atoms with Crippen LogP contribution in [-0.4, -0.2) is 11.9 Å². The molecule has 2 heteroatoms. The van der Waals surface area contributed by atoms with Crippen LogP contribution in [0.2, 0.25) is 0 Å². The summed E-state index contributed by atoms with van der Waals surface area (Å²) in [7, 11) is 0. The molecule has 112 valence electrons. The molecule has 1 unspecified atom stereocenters. The fourth-order valence-corrected chi connectivity index (χ4v) is 3.20. The molecule has 1 heterocycles. The summed E-state index contributed by atoms with van der Waals surface area (Å²) in [5, 5.41) is 3.20. The third-order valence-corrected chi connectivity index (χ3v) is 4.45. The number of carbonyl (C=O) groups is 1. The summed E-state index contributed by atoms with van der Waals surface area (Å²) in [6.07, 6.45) is 15.2. The van der Waals surface area contributed by atoms with Gasteiger partial charge in [0.25, 0.3) is 0 Å². The monoisotopic (exact) mass is 267 g/mol. The first-order valence-corrected chi connectivity index (χ1v) is 8.57. The van der Waals surface area contributed by atoms with Gasteiger partial charge in [-0.1, -0.05) is 65.2 Å². The van der Waals surface area contributed by atoms with Gasteiger partial charge in [0.05, 0.1) is 0 Å². The van der Waals surface area contributed by atoms with E-state index in [4.69, 9.17) is 0 Å². The van der Waals surface area contributed by atoms with Crippen molar-refractivity contribution in [1.29, 1.82) is 0 Å². The molecule has 0 saturated carbocycles. The molecule has 1 aliphatic heterocycles. The van der Waals surface area contributed by atoms with Crippen LogP contribution in [0.3, 0.4) is 0 Å². The molecule has 1 amide bonds. The van der Waals surface area contributed by atoms with Crippen molar-refractivity contribution in [1.82, 2.24) is 5.32 Å². The Balaban J connectivity index is 2.27.